The predicted molar refractivity (Wildman–Crippen MR) is 79.4 cm³/mol. The van der Waals surface area contributed by atoms with Crippen molar-refractivity contribution in [3.63, 3.8) is 0 Å². The Morgan fingerprint density at radius 2 is 2.20 bits per heavy atom. The minimum absolute atomic E-state index is 0.248. The van der Waals surface area contributed by atoms with E-state index < -0.39 is 5.66 Å². The second-order valence-electron chi connectivity index (χ2n) is 5.77. The van der Waals surface area contributed by atoms with Crippen LogP contribution in [0.3, 0.4) is 0 Å². The summed E-state index contributed by atoms with van der Waals surface area (Å²) >= 11 is 0. The molecule has 108 valence electrons. The molecular weight excluding hydrogens is 252 g/mol. The van der Waals surface area contributed by atoms with E-state index in [1.54, 1.807) is 5.01 Å². The number of dihydropyridines is 1. The van der Waals surface area contributed by atoms with Gasteiger partial charge in [0.05, 0.1) is 0 Å². The van der Waals surface area contributed by atoms with Crippen LogP contribution in [0.25, 0.3) is 0 Å². The Labute approximate surface area is 119 Å². The van der Waals surface area contributed by atoms with Gasteiger partial charge in [-0.3, -0.25) is 10.0 Å². The van der Waals surface area contributed by atoms with Crippen molar-refractivity contribution in [1.82, 2.24) is 5.01 Å². The van der Waals surface area contributed by atoms with Crippen LogP contribution in [0.5, 0.6) is 0 Å². The third-order valence-electron chi connectivity index (χ3n) is 4.66. The normalized spacial score (nSPS) is 31.6. The number of hydrazine groups is 1. The lowest BCUT2D eigenvalue weighted by Gasteiger charge is -2.42. The highest BCUT2D eigenvalue weighted by atomic mass is 16.5. The molecule has 3 heterocycles. The summed E-state index contributed by atoms with van der Waals surface area (Å²) in [6.45, 7) is 3.83. The fourth-order valence-corrected chi connectivity index (χ4v) is 3.25. The zero-order valence-corrected chi connectivity index (χ0v) is 11.8. The predicted octanol–water partition coefficient (Wildman–Crippen LogP) is 1.30. The number of fused-ring (bicyclic) bond motifs is 1. The van der Waals surface area contributed by atoms with Gasteiger partial charge in [-0.05, 0) is 36.5 Å². The van der Waals surface area contributed by atoms with E-state index in [-0.39, 0.29) is 5.92 Å². The van der Waals surface area contributed by atoms with E-state index in [2.05, 4.69) is 11.9 Å². The van der Waals surface area contributed by atoms with Crippen LogP contribution in [-0.2, 0) is 4.74 Å². The molecule has 4 N–H and O–H groups in total. The first-order valence-corrected chi connectivity index (χ1v) is 7.17. The fourth-order valence-electron chi connectivity index (χ4n) is 3.25. The van der Waals surface area contributed by atoms with Crippen molar-refractivity contribution in [2.45, 2.75) is 25.4 Å². The van der Waals surface area contributed by atoms with Crippen molar-refractivity contribution in [3.05, 3.63) is 35.7 Å². The molecule has 0 saturated carbocycles. The van der Waals surface area contributed by atoms with Gasteiger partial charge >= 0.3 is 0 Å². The summed E-state index contributed by atoms with van der Waals surface area (Å²) in [7, 11) is 0. The van der Waals surface area contributed by atoms with Gasteiger partial charge in [0.15, 0.2) is 0 Å². The van der Waals surface area contributed by atoms with E-state index in [0.717, 1.165) is 37.2 Å². The van der Waals surface area contributed by atoms with Crippen LogP contribution in [0.2, 0.25) is 0 Å². The van der Waals surface area contributed by atoms with Gasteiger partial charge in [-0.1, -0.05) is 6.92 Å². The Bertz CT molecular complexity index is 502. The molecule has 2 atom stereocenters. The lowest BCUT2D eigenvalue weighted by Crippen LogP contribution is -2.52. The number of nitrogens with two attached hydrogens (primary N) is 2. The third-order valence-corrected chi connectivity index (χ3v) is 4.66. The van der Waals surface area contributed by atoms with E-state index in [1.165, 1.54) is 0 Å². The van der Waals surface area contributed by atoms with Crippen molar-refractivity contribution in [2.75, 3.05) is 13.2 Å². The summed E-state index contributed by atoms with van der Waals surface area (Å²) in [5.41, 5.74) is 8.09. The van der Waals surface area contributed by atoms with Crippen LogP contribution in [0, 0.1) is 11.8 Å². The molecule has 5 heteroatoms. The maximum atomic E-state index is 6.69. The zero-order valence-electron chi connectivity index (χ0n) is 11.8. The van der Waals surface area contributed by atoms with E-state index in [1.807, 2.05) is 30.8 Å². The molecule has 5 nitrogen and oxygen atoms in total. The second-order valence-corrected chi connectivity index (χ2v) is 5.77. The molecule has 0 spiro atoms. The minimum Gasteiger partial charge on any atom is -0.381 e. The van der Waals surface area contributed by atoms with Crippen molar-refractivity contribution >= 4 is 6.21 Å². The number of nitrogens with zero attached hydrogens (tertiary/aromatic N) is 2. The van der Waals surface area contributed by atoms with Gasteiger partial charge in [-0.25, -0.2) is 5.84 Å². The standard InChI is InChI=1S/C15H22N4O/c1-11(12-4-8-20-9-5-12)15(16)14-10-19(17)7-3-13(14)2-6-18-15/h2-3,6-7,10-12H,4-5,8-9,16-17H2,1H3. The quantitative estimate of drug-likeness (QED) is 0.744. The lowest BCUT2D eigenvalue weighted by atomic mass is 9.73. The Morgan fingerprint density at radius 3 is 2.95 bits per heavy atom. The van der Waals surface area contributed by atoms with Gasteiger partial charge in [0.2, 0.25) is 0 Å². The highest BCUT2D eigenvalue weighted by molar-refractivity contribution is 5.79. The lowest BCUT2D eigenvalue weighted by molar-refractivity contribution is 0.0383. The summed E-state index contributed by atoms with van der Waals surface area (Å²) in [6.07, 6.45) is 11.6. The van der Waals surface area contributed by atoms with Gasteiger partial charge in [0, 0.05) is 43.3 Å². The number of hydrogen-bond acceptors (Lipinski definition) is 5. The topological polar surface area (TPSA) is 76.9 Å². The molecule has 0 aliphatic carbocycles. The van der Waals surface area contributed by atoms with Crippen molar-refractivity contribution < 1.29 is 4.74 Å². The zero-order chi connectivity index (χ0) is 14.2. The smallest absolute Gasteiger partial charge is 0.138 e. The molecule has 0 aromatic carbocycles. The molecule has 0 amide bonds. The van der Waals surface area contributed by atoms with Gasteiger partial charge < -0.3 is 10.5 Å². The summed E-state index contributed by atoms with van der Waals surface area (Å²) < 4.78 is 5.45. The van der Waals surface area contributed by atoms with Crippen LogP contribution >= 0.6 is 0 Å². The van der Waals surface area contributed by atoms with Crippen LogP contribution in [0.4, 0.5) is 0 Å². The Hall–Kier alpha value is -1.43. The molecule has 2 unspecified atom stereocenters. The third kappa shape index (κ3) is 2.22. The molecule has 20 heavy (non-hydrogen) atoms. The maximum absolute atomic E-state index is 6.69. The number of hydrogen-bond donors (Lipinski definition) is 2. The van der Waals surface area contributed by atoms with Gasteiger partial charge in [0.1, 0.15) is 5.66 Å². The SMILES string of the molecule is CC(C1CCOCC1)C1(N)N=CC=C2C=CN(N)C=C21. The van der Waals surface area contributed by atoms with Gasteiger partial charge in [-0.2, -0.15) is 0 Å². The van der Waals surface area contributed by atoms with Crippen LogP contribution in [-0.4, -0.2) is 30.1 Å². The molecule has 3 aliphatic heterocycles. The fraction of sp³-hybridized carbons (Fsp3) is 0.533. The largest absolute Gasteiger partial charge is 0.381 e. The van der Waals surface area contributed by atoms with E-state index in [9.17, 15) is 0 Å². The highest BCUT2D eigenvalue weighted by Crippen LogP contribution is 2.40. The van der Waals surface area contributed by atoms with Crippen LogP contribution in [0.1, 0.15) is 19.8 Å². The number of rotatable bonds is 2. The summed E-state index contributed by atoms with van der Waals surface area (Å²) in [6, 6.07) is 0. The monoisotopic (exact) mass is 274 g/mol. The summed E-state index contributed by atoms with van der Waals surface area (Å²) in [4.78, 5) is 4.61. The van der Waals surface area contributed by atoms with Gasteiger partial charge in [0.25, 0.3) is 0 Å². The number of ether oxygens (including phenoxy) is 1. The molecular formula is C15H22N4O. The molecule has 3 rings (SSSR count). The molecule has 1 saturated heterocycles. The van der Waals surface area contributed by atoms with Crippen molar-refractivity contribution in [1.29, 1.82) is 0 Å². The average Bonchev–Trinajstić information content (AvgIpc) is 2.48. The molecule has 0 aromatic heterocycles. The Morgan fingerprint density at radius 1 is 1.45 bits per heavy atom. The Balaban J connectivity index is 1.90. The van der Waals surface area contributed by atoms with E-state index in [0.29, 0.717) is 5.92 Å². The van der Waals surface area contributed by atoms with Crippen molar-refractivity contribution in [3.8, 4) is 0 Å². The second kappa shape index (κ2) is 5.16. The minimum atomic E-state index is -0.700. The molecule has 1 fully saturated rings. The first kappa shape index (κ1) is 13.5. The van der Waals surface area contributed by atoms with E-state index in [4.69, 9.17) is 16.3 Å². The number of allylic oxidation sites excluding steroid dienone is 2. The first-order valence-electron chi connectivity index (χ1n) is 7.17. The van der Waals surface area contributed by atoms with Crippen LogP contribution in [0.15, 0.2) is 40.7 Å². The van der Waals surface area contributed by atoms with E-state index >= 15 is 0 Å². The Kier molecular flexibility index (Phi) is 3.50. The number of aliphatic imine (C=N–C) groups is 1. The maximum Gasteiger partial charge on any atom is 0.138 e. The molecule has 0 bridgehead atoms. The molecule has 0 aromatic rings. The average molecular weight is 274 g/mol. The van der Waals surface area contributed by atoms with Crippen LogP contribution < -0.4 is 11.6 Å². The highest BCUT2D eigenvalue weighted by Gasteiger charge is 2.42. The summed E-state index contributed by atoms with van der Waals surface area (Å²) in [5.74, 6) is 6.64. The van der Waals surface area contributed by atoms with Gasteiger partial charge in [-0.15, -0.1) is 0 Å². The summed E-state index contributed by atoms with van der Waals surface area (Å²) in [5, 5.41) is 1.55. The molecule has 0 radical (unpaired) electrons. The molecule has 3 aliphatic rings. The first-order chi connectivity index (χ1) is 9.61. The van der Waals surface area contributed by atoms with Crippen molar-refractivity contribution in [2.24, 2.45) is 28.4 Å².